The Morgan fingerprint density at radius 3 is 2.81 bits per heavy atom. The fourth-order valence-electron chi connectivity index (χ4n) is 1.81. The Bertz CT molecular complexity index is 700. The lowest BCUT2D eigenvalue weighted by Gasteiger charge is -2.18. The lowest BCUT2D eigenvalue weighted by Crippen LogP contribution is -2.21. The highest BCUT2D eigenvalue weighted by atomic mass is 32.1. The first-order valence-electron chi connectivity index (χ1n) is 5.88. The molecular weight excluding hydrogens is 296 g/mol. The van der Waals surface area contributed by atoms with E-state index in [4.69, 9.17) is 0 Å². The Kier molecular flexibility index (Phi) is 4.13. The molecule has 0 atom stereocenters. The second-order valence-corrected chi connectivity index (χ2v) is 5.40. The van der Waals surface area contributed by atoms with Gasteiger partial charge in [0, 0.05) is 18.5 Å². The first-order valence-corrected chi connectivity index (χ1v) is 6.76. The highest BCUT2D eigenvalue weighted by molar-refractivity contribution is 7.09. The van der Waals surface area contributed by atoms with Crippen LogP contribution in [0.1, 0.15) is 21.1 Å². The van der Waals surface area contributed by atoms with Gasteiger partial charge in [-0.05, 0) is 6.92 Å². The van der Waals surface area contributed by atoms with E-state index in [1.54, 1.807) is 11.9 Å². The van der Waals surface area contributed by atoms with E-state index in [2.05, 4.69) is 9.97 Å². The SMILES string of the molecule is Cc1nc(CN(C)c2ncc([N+](=O)[O-])cc2C(=O)O)cs1. The van der Waals surface area contributed by atoms with Crippen LogP contribution < -0.4 is 4.90 Å². The third-order valence-corrected chi connectivity index (χ3v) is 3.54. The fourth-order valence-corrected chi connectivity index (χ4v) is 2.41. The van der Waals surface area contributed by atoms with Gasteiger partial charge in [-0.15, -0.1) is 11.3 Å². The van der Waals surface area contributed by atoms with Crippen molar-refractivity contribution in [3.8, 4) is 0 Å². The van der Waals surface area contributed by atoms with E-state index in [0.717, 1.165) is 23.0 Å². The molecular formula is C12H12N4O4S. The Hall–Kier alpha value is -2.55. The zero-order chi connectivity index (χ0) is 15.6. The van der Waals surface area contributed by atoms with Crippen LogP contribution in [0.4, 0.5) is 11.5 Å². The summed E-state index contributed by atoms with van der Waals surface area (Å²) in [5.41, 5.74) is 0.226. The number of pyridine rings is 1. The van der Waals surface area contributed by atoms with E-state index in [1.807, 2.05) is 12.3 Å². The number of carboxylic acid groups (broad SMARTS) is 1. The van der Waals surface area contributed by atoms with Gasteiger partial charge in [0.05, 0.1) is 22.2 Å². The molecule has 21 heavy (non-hydrogen) atoms. The first kappa shape index (κ1) is 14.9. The lowest BCUT2D eigenvalue weighted by molar-refractivity contribution is -0.385. The second-order valence-electron chi connectivity index (χ2n) is 4.34. The predicted octanol–water partition coefficient (Wildman–Crippen LogP) is 2.09. The Labute approximate surface area is 123 Å². The number of rotatable bonds is 5. The second kappa shape index (κ2) is 5.83. The molecule has 0 fully saturated rings. The minimum absolute atomic E-state index is 0.166. The average Bonchev–Trinajstić information content (AvgIpc) is 2.83. The molecule has 0 bridgehead atoms. The van der Waals surface area contributed by atoms with Crippen molar-refractivity contribution in [2.45, 2.75) is 13.5 Å². The van der Waals surface area contributed by atoms with Crippen LogP contribution in [0.3, 0.4) is 0 Å². The number of nitrogens with zero attached hydrogens (tertiary/aromatic N) is 4. The van der Waals surface area contributed by atoms with Gasteiger partial charge >= 0.3 is 5.97 Å². The molecule has 9 heteroatoms. The zero-order valence-corrected chi connectivity index (χ0v) is 12.1. The summed E-state index contributed by atoms with van der Waals surface area (Å²) in [4.78, 5) is 31.1. The zero-order valence-electron chi connectivity index (χ0n) is 11.3. The number of hydrogen-bond acceptors (Lipinski definition) is 7. The number of aryl methyl sites for hydroxylation is 1. The van der Waals surface area contributed by atoms with Crippen LogP contribution in [0.5, 0.6) is 0 Å². The molecule has 0 saturated carbocycles. The highest BCUT2D eigenvalue weighted by Gasteiger charge is 2.20. The van der Waals surface area contributed by atoms with E-state index in [-0.39, 0.29) is 17.1 Å². The Morgan fingerprint density at radius 1 is 1.57 bits per heavy atom. The summed E-state index contributed by atoms with van der Waals surface area (Å²) in [6.45, 7) is 2.25. The number of aromatic nitrogens is 2. The monoisotopic (exact) mass is 308 g/mol. The molecule has 0 aliphatic carbocycles. The number of hydrogen-bond donors (Lipinski definition) is 1. The third-order valence-electron chi connectivity index (χ3n) is 2.72. The lowest BCUT2D eigenvalue weighted by atomic mass is 10.2. The van der Waals surface area contributed by atoms with Crippen molar-refractivity contribution in [3.63, 3.8) is 0 Å². The summed E-state index contributed by atoms with van der Waals surface area (Å²) in [5.74, 6) is -1.10. The highest BCUT2D eigenvalue weighted by Crippen LogP contribution is 2.23. The summed E-state index contributed by atoms with van der Waals surface area (Å²) >= 11 is 1.49. The summed E-state index contributed by atoms with van der Waals surface area (Å²) in [6.07, 6.45) is 1.05. The topological polar surface area (TPSA) is 109 Å². The summed E-state index contributed by atoms with van der Waals surface area (Å²) in [5, 5.41) is 22.7. The van der Waals surface area contributed by atoms with Crippen molar-refractivity contribution in [2.24, 2.45) is 0 Å². The molecule has 1 N–H and O–H groups in total. The van der Waals surface area contributed by atoms with E-state index < -0.39 is 10.9 Å². The summed E-state index contributed by atoms with van der Waals surface area (Å²) in [7, 11) is 1.66. The van der Waals surface area contributed by atoms with Crippen molar-refractivity contribution in [3.05, 3.63) is 44.0 Å². The molecule has 0 amide bonds. The maximum absolute atomic E-state index is 11.3. The molecule has 2 heterocycles. The summed E-state index contributed by atoms with van der Waals surface area (Å²) in [6, 6.07) is 1.01. The maximum atomic E-state index is 11.3. The van der Waals surface area contributed by atoms with Gasteiger partial charge in [-0.25, -0.2) is 14.8 Å². The fraction of sp³-hybridized carbons (Fsp3) is 0.250. The van der Waals surface area contributed by atoms with E-state index in [9.17, 15) is 20.0 Å². The van der Waals surface area contributed by atoms with Crippen molar-refractivity contribution < 1.29 is 14.8 Å². The minimum Gasteiger partial charge on any atom is -0.478 e. The molecule has 2 aromatic heterocycles. The molecule has 0 aliphatic heterocycles. The molecule has 0 saturated heterocycles. The van der Waals surface area contributed by atoms with E-state index in [0.29, 0.717) is 6.54 Å². The molecule has 0 spiro atoms. The standard InChI is InChI=1S/C12H12N4O4S/c1-7-14-8(6-21-7)5-15(2)11-10(12(17)18)3-9(4-13-11)16(19)20/h3-4,6H,5H2,1-2H3,(H,17,18). The molecule has 0 radical (unpaired) electrons. The van der Waals surface area contributed by atoms with Crippen molar-refractivity contribution in [1.82, 2.24) is 9.97 Å². The number of anilines is 1. The normalized spacial score (nSPS) is 10.4. The molecule has 110 valence electrons. The predicted molar refractivity (Wildman–Crippen MR) is 76.8 cm³/mol. The number of carbonyl (C=O) groups is 1. The van der Waals surface area contributed by atoms with Gasteiger partial charge in [0.15, 0.2) is 0 Å². The quantitative estimate of drug-likeness (QED) is 0.665. The van der Waals surface area contributed by atoms with Crippen LogP contribution in [-0.4, -0.2) is 33.0 Å². The number of carboxylic acids is 1. The molecule has 8 nitrogen and oxygen atoms in total. The third kappa shape index (κ3) is 3.31. The largest absolute Gasteiger partial charge is 0.478 e. The van der Waals surface area contributed by atoms with Crippen molar-refractivity contribution in [1.29, 1.82) is 0 Å². The van der Waals surface area contributed by atoms with E-state index >= 15 is 0 Å². The number of nitro groups is 1. The van der Waals surface area contributed by atoms with Crippen LogP contribution in [-0.2, 0) is 6.54 Å². The Morgan fingerprint density at radius 2 is 2.29 bits per heavy atom. The van der Waals surface area contributed by atoms with Crippen molar-refractivity contribution >= 4 is 28.8 Å². The molecule has 0 unspecified atom stereocenters. The van der Waals surface area contributed by atoms with Gasteiger partial charge < -0.3 is 10.0 Å². The van der Waals surface area contributed by atoms with Crippen LogP contribution in [0, 0.1) is 17.0 Å². The number of thiazole rings is 1. The van der Waals surface area contributed by atoms with Gasteiger partial charge in [0.2, 0.25) is 0 Å². The van der Waals surface area contributed by atoms with Crippen LogP contribution >= 0.6 is 11.3 Å². The van der Waals surface area contributed by atoms with Gasteiger partial charge in [-0.3, -0.25) is 10.1 Å². The van der Waals surface area contributed by atoms with Gasteiger partial charge in [-0.1, -0.05) is 0 Å². The van der Waals surface area contributed by atoms with Crippen LogP contribution in [0.15, 0.2) is 17.6 Å². The average molecular weight is 308 g/mol. The van der Waals surface area contributed by atoms with Gasteiger partial charge in [0.25, 0.3) is 5.69 Å². The van der Waals surface area contributed by atoms with Crippen LogP contribution in [0.2, 0.25) is 0 Å². The summed E-state index contributed by atoms with van der Waals surface area (Å²) < 4.78 is 0. The van der Waals surface area contributed by atoms with Gasteiger partial charge in [-0.2, -0.15) is 0 Å². The number of aromatic carboxylic acids is 1. The smallest absolute Gasteiger partial charge is 0.339 e. The molecule has 2 rings (SSSR count). The van der Waals surface area contributed by atoms with Gasteiger partial charge in [0.1, 0.15) is 17.6 Å². The molecule has 0 aromatic carbocycles. The molecule has 0 aliphatic rings. The first-order chi connectivity index (χ1) is 9.88. The maximum Gasteiger partial charge on any atom is 0.339 e. The Balaban J connectivity index is 2.33. The minimum atomic E-state index is -1.26. The molecule has 2 aromatic rings. The van der Waals surface area contributed by atoms with Crippen LogP contribution in [0.25, 0.3) is 0 Å². The van der Waals surface area contributed by atoms with E-state index in [1.165, 1.54) is 11.3 Å². The van der Waals surface area contributed by atoms with Crippen molar-refractivity contribution in [2.75, 3.05) is 11.9 Å².